The van der Waals surface area contributed by atoms with Gasteiger partial charge in [0.1, 0.15) is 6.10 Å². The van der Waals surface area contributed by atoms with E-state index in [0.29, 0.717) is 19.3 Å². The fourth-order valence-corrected chi connectivity index (χ4v) is 9.84. The first-order chi connectivity index (χ1) is 35.5. The van der Waals surface area contributed by atoms with Crippen LogP contribution in [0.2, 0.25) is 0 Å². The minimum Gasteiger partial charge on any atom is -0.462 e. The van der Waals surface area contributed by atoms with Crippen molar-refractivity contribution in [3.63, 3.8) is 0 Å². The second-order valence-electron chi connectivity index (χ2n) is 21.8. The number of aliphatic hydroxyl groups is 2. The molecule has 6 heteroatoms. The van der Waals surface area contributed by atoms with Crippen molar-refractivity contribution in [3.05, 3.63) is 48.6 Å². The molecule has 3 unspecified atom stereocenters. The molecule has 0 fully saturated rings. The highest BCUT2D eigenvalue weighted by atomic mass is 16.5. The smallest absolute Gasteiger partial charge is 0.306 e. The van der Waals surface area contributed by atoms with Crippen LogP contribution in [0, 0.1) is 0 Å². The maximum atomic E-state index is 13.3. The van der Waals surface area contributed by atoms with E-state index in [1.807, 2.05) is 0 Å². The van der Waals surface area contributed by atoms with Gasteiger partial charge in [0.25, 0.3) is 0 Å². The molecule has 0 saturated carbocycles. The first-order valence-electron chi connectivity index (χ1n) is 31.9. The lowest BCUT2D eigenvalue weighted by Crippen LogP contribution is -2.46. The molecular weight excluding hydrogens is 887 g/mol. The second kappa shape index (κ2) is 59.7. The number of hydrogen-bond donors (Lipinski definition) is 3. The quantitative estimate of drug-likeness (QED) is 0.0320. The molecule has 0 radical (unpaired) electrons. The first kappa shape index (κ1) is 69.8. The number of carbonyl (C=O) groups is 2. The fraction of sp³-hybridized carbons (Fsp3) is 0.848. The van der Waals surface area contributed by atoms with Crippen molar-refractivity contribution in [3.8, 4) is 0 Å². The average Bonchev–Trinajstić information content (AvgIpc) is 3.37. The number of amides is 1. The van der Waals surface area contributed by atoms with Crippen molar-refractivity contribution in [2.75, 3.05) is 6.61 Å². The number of ether oxygens (including phenoxy) is 1. The van der Waals surface area contributed by atoms with Crippen LogP contribution in [0.4, 0.5) is 0 Å². The van der Waals surface area contributed by atoms with E-state index < -0.39 is 18.2 Å². The Labute approximate surface area is 448 Å². The Bertz CT molecular complexity index is 1230. The van der Waals surface area contributed by atoms with Gasteiger partial charge in [-0.15, -0.1) is 0 Å². The maximum Gasteiger partial charge on any atom is 0.306 e. The summed E-state index contributed by atoms with van der Waals surface area (Å²) >= 11 is 0. The van der Waals surface area contributed by atoms with Gasteiger partial charge < -0.3 is 20.3 Å². The third-order valence-corrected chi connectivity index (χ3v) is 14.7. The average molecular weight is 1010 g/mol. The van der Waals surface area contributed by atoms with Crippen molar-refractivity contribution in [1.82, 2.24) is 5.32 Å². The molecule has 3 N–H and O–H groups in total. The molecule has 0 spiro atoms. The second-order valence-corrected chi connectivity index (χ2v) is 21.8. The first-order valence-corrected chi connectivity index (χ1v) is 31.9. The largest absolute Gasteiger partial charge is 0.462 e. The molecule has 0 aromatic carbocycles. The van der Waals surface area contributed by atoms with Crippen LogP contribution in [-0.4, -0.2) is 46.9 Å². The van der Waals surface area contributed by atoms with Gasteiger partial charge in [-0.05, 0) is 64.2 Å². The molecule has 0 aliphatic rings. The van der Waals surface area contributed by atoms with E-state index in [1.165, 1.54) is 218 Å². The monoisotopic (exact) mass is 1010 g/mol. The highest BCUT2D eigenvalue weighted by Gasteiger charge is 2.24. The lowest BCUT2D eigenvalue weighted by Gasteiger charge is -2.24. The summed E-state index contributed by atoms with van der Waals surface area (Å²) in [7, 11) is 0. The molecule has 0 aliphatic heterocycles. The highest BCUT2D eigenvalue weighted by Crippen LogP contribution is 2.19. The predicted octanol–water partition coefficient (Wildman–Crippen LogP) is 20.1. The van der Waals surface area contributed by atoms with Crippen LogP contribution in [0.5, 0.6) is 0 Å². The number of rotatable bonds is 58. The van der Waals surface area contributed by atoms with E-state index in [9.17, 15) is 19.8 Å². The van der Waals surface area contributed by atoms with Gasteiger partial charge in [-0.3, -0.25) is 9.59 Å². The van der Waals surface area contributed by atoms with Crippen LogP contribution in [0.15, 0.2) is 48.6 Å². The van der Waals surface area contributed by atoms with Gasteiger partial charge in [-0.2, -0.15) is 0 Å². The Kier molecular flexibility index (Phi) is 57.9. The SMILES string of the molecule is CCCCC/C=C\C/C=C\C/C=C\C/C=C\CCCC(CC(=O)NC(CO)C(O)CCCCCCCCCCCCCCCCCCC)OC(=O)CCCCCCCCCCCCCCCCCCCCC. The summed E-state index contributed by atoms with van der Waals surface area (Å²) in [5.41, 5.74) is 0. The Morgan fingerprint density at radius 3 is 1.10 bits per heavy atom. The van der Waals surface area contributed by atoms with E-state index in [-0.39, 0.29) is 24.9 Å². The summed E-state index contributed by atoms with van der Waals surface area (Å²) in [6.45, 7) is 6.49. The third kappa shape index (κ3) is 54.1. The number of hydrogen-bond acceptors (Lipinski definition) is 5. The van der Waals surface area contributed by atoms with Crippen molar-refractivity contribution in [1.29, 1.82) is 0 Å². The van der Waals surface area contributed by atoms with Crippen LogP contribution >= 0.6 is 0 Å². The summed E-state index contributed by atoms with van der Waals surface area (Å²) in [5.74, 6) is -0.510. The minimum atomic E-state index is -0.803. The van der Waals surface area contributed by atoms with Crippen LogP contribution in [0.1, 0.15) is 335 Å². The van der Waals surface area contributed by atoms with Gasteiger partial charge in [0.05, 0.1) is 25.2 Å². The molecule has 6 nitrogen and oxygen atoms in total. The molecule has 1 amide bonds. The van der Waals surface area contributed by atoms with Gasteiger partial charge in [-0.1, -0.05) is 307 Å². The minimum absolute atomic E-state index is 0.0435. The summed E-state index contributed by atoms with van der Waals surface area (Å²) < 4.78 is 5.96. The fourth-order valence-electron chi connectivity index (χ4n) is 9.84. The zero-order chi connectivity index (χ0) is 52.3. The molecule has 0 aromatic heterocycles. The normalized spacial score (nSPS) is 13.3. The number of nitrogens with one attached hydrogen (secondary N) is 1. The van der Waals surface area contributed by atoms with Crippen LogP contribution in [-0.2, 0) is 14.3 Å². The molecule has 0 bridgehead atoms. The topological polar surface area (TPSA) is 95.9 Å². The highest BCUT2D eigenvalue weighted by molar-refractivity contribution is 5.77. The van der Waals surface area contributed by atoms with Crippen LogP contribution in [0.25, 0.3) is 0 Å². The number of aliphatic hydroxyl groups excluding tert-OH is 2. The van der Waals surface area contributed by atoms with Crippen molar-refractivity contribution in [2.24, 2.45) is 0 Å². The van der Waals surface area contributed by atoms with Gasteiger partial charge in [-0.25, -0.2) is 0 Å². The molecule has 0 saturated heterocycles. The lowest BCUT2D eigenvalue weighted by molar-refractivity contribution is -0.151. The summed E-state index contributed by atoms with van der Waals surface area (Å²) in [4.78, 5) is 26.4. The Morgan fingerprint density at radius 1 is 0.403 bits per heavy atom. The molecule has 422 valence electrons. The van der Waals surface area contributed by atoms with E-state index in [4.69, 9.17) is 4.74 Å². The Morgan fingerprint density at radius 2 is 0.722 bits per heavy atom. The van der Waals surface area contributed by atoms with Gasteiger partial charge in [0.15, 0.2) is 0 Å². The lowest BCUT2D eigenvalue weighted by atomic mass is 10.0. The van der Waals surface area contributed by atoms with Crippen molar-refractivity contribution < 1.29 is 24.5 Å². The van der Waals surface area contributed by atoms with Crippen molar-refractivity contribution in [2.45, 2.75) is 354 Å². The Balaban J connectivity index is 4.58. The molecule has 0 rings (SSSR count). The zero-order valence-electron chi connectivity index (χ0n) is 48.3. The maximum absolute atomic E-state index is 13.3. The number of unbranched alkanes of at least 4 members (excludes halogenated alkanes) is 38. The summed E-state index contributed by atoms with van der Waals surface area (Å²) in [6, 6.07) is -0.719. The molecule has 72 heavy (non-hydrogen) atoms. The molecule has 0 aliphatic carbocycles. The number of allylic oxidation sites excluding steroid dienone is 8. The Hall–Kier alpha value is -2.18. The van der Waals surface area contributed by atoms with E-state index in [0.717, 1.165) is 70.6 Å². The van der Waals surface area contributed by atoms with Crippen molar-refractivity contribution >= 4 is 11.9 Å². The zero-order valence-corrected chi connectivity index (χ0v) is 48.3. The van der Waals surface area contributed by atoms with Gasteiger partial charge in [0, 0.05) is 6.42 Å². The van der Waals surface area contributed by atoms with Gasteiger partial charge in [0.2, 0.25) is 5.91 Å². The van der Waals surface area contributed by atoms with Crippen LogP contribution < -0.4 is 5.32 Å². The third-order valence-electron chi connectivity index (χ3n) is 14.7. The number of esters is 1. The predicted molar refractivity (Wildman–Crippen MR) is 315 cm³/mol. The molecule has 3 atom stereocenters. The standard InChI is InChI=1S/C66H123NO5/c1-4-7-10-13-16-19-22-25-28-31-32-35-38-41-44-47-50-53-56-59-66(71)72-62(57-54-51-48-45-42-39-36-33-29-26-23-20-17-14-11-8-5-2)60-65(70)67-63(61-68)64(69)58-55-52-49-46-43-40-37-34-30-27-24-21-18-15-12-9-6-3/h17,20,26,29,36,39,45,48,62-64,68-69H,4-16,18-19,21-25,27-28,30-35,37-38,40-44,46-47,49-61H2,1-3H3,(H,67,70)/b20-17-,29-26-,39-36-,48-45-. The number of carbonyl (C=O) groups excluding carboxylic acids is 2. The molecular formula is C66H123NO5. The summed E-state index contributed by atoms with van der Waals surface area (Å²) in [6.07, 6.45) is 74.8. The van der Waals surface area contributed by atoms with E-state index in [2.05, 4.69) is 74.7 Å². The van der Waals surface area contributed by atoms with Gasteiger partial charge >= 0.3 is 5.97 Å². The molecule has 0 aromatic rings. The van der Waals surface area contributed by atoms with E-state index >= 15 is 0 Å². The van der Waals surface area contributed by atoms with E-state index in [1.54, 1.807) is 0 Å². The summed E-state index contributed by atoms with van der Waals surface area (Å²) in [5, 5.41) is 24.0. The molecule has 0 heterocycles. The van der Waals surface area contributed by atoms with Crippen LogP contribution in [0.3, 0.4) is 0 Å².